The van der Waals surface area contributed by atoms with Crippen molar-refractivity contribution in [2.24, 2.45) is 0 Å². The number of unbranched alkanes of at least 4 members (excludes halogenated alkanes) is 1. The van der Waals surface area contributed by atoms with E-state index in [9.17, 15) is 0 Å². The maximum atomic E-state index is 6.37. The molecule has 1 aliphatic heterocycles. The Morgan fingerprint density at radius 3 is 2.65 bits per heavy atom. The second-order valence-corrected chi connectivity index (χ2v) is 6.21. The highest BCUT2D eigenvalue weighted by atomic mass is 35.5. The molecule has 1 atom stereocenters. The van der Waals surface area contributed by atoms with E-state index in [1.165, 1.54) is 0 Å². The summed E-state index contributed by atoms with van der Waals surface area (Å²) < 4.78 is 0. The van der Waals surface area contributed by atoms with E-state index in [0.717, 1.165) is 51.0 Å². The van der Waals surface area contributed by atoms with Crippen LogP contribution in [0.25, 0.3) is 0 Å². The molecule has 1 N–H and O–H groups in total. The zero-order chi connectivity index (χ0) is 14.5. The molecule has 2 rings (SSSR count). The van der Waals surface area contributed by atoms with Gasteiger partial charge in [-0.15, -0.1) is 0 Å². The average Bonchev–Trinajstić information content (AvgIpc) is 2.47. The Kier molecular flexibility index (Phi) is 6.37. The van der Waals surface area contributed by atoms with Gasteiger partial charge in [0.2, 0.25) is 0 Å². The summed E-state index contributed by atoms with van der Waals surface area (Å²) in [5, 5.41) is 4.82. The minimum absolute atomic E-state index is 0.220. The van der Waals surface area contributed by atoms with Crippen molar-refractivity contribution in [3.63, 3.8) is 0 Å². The van der Waals surface area contributed by atoms with Crippen LogP contribution in [0.1, 0.15) is 37.8 Å². The van der Waals surface area contributed by atoms with Crippen molar-refractivity contribution >= 4 is 34.8 Å². The Labute approximate surface area is 135 Å². The van der Waals surface area contributed by atoms with Crippen LogP contribution in [0, 0.1) is 0 Å². The quantitative estimate of drug-likeness (QED) is 0.818. The van der Waals surface area contributed by atoms with Gasteiger partial charge in [-0.3, -0.25) is 4.90 Å². The van der Waals surface area contributed by atoms with Gasteiger partial charge in [0.1, 0.15) is 5.15 Å². The third-order valence-corrected chi connectivity index (χ3v) is 4.79. The van der Waals surface area contributed by atoms with Crippen molar-refractivity contribution in [3.8, 4) is 0 Å². The minimum atomic E-state index is 0.220. The van der Waals surface area contributed by atoms with Gasteiger partial charge in [-0.25, -0.2) is 4.98 Å². The highest BCUT2D eigenvalue weighted by Crippen LogP contribution is 2.39. The van der Waals surface area contributed by atoms with Crippen molar-refractivity contribution in [3.05, 3.63) is 27.0 Å². The summed E-state index contributed by atoms with van der Waals surface area (Å²) in [5.74, 6) is 0. The molecule has 0 radical (unpaired) electrons. The van der Waals surface area contributed by atoms with Crippen LogP contribution < -0.4 is 5.32 Å². The molecule has 20 heavy (non-hydrogen) atoms. The summed E-state index contributed by atoms with van der Waals surface area (Å²) >= 11 is 18.8. The molecular weight excluding hydrogens is 317 g/mol. The number of aromatic nitrogens is 1. The molecule has 2 heterocycles. The van der Waals surface area contributed by atoms with Gasteiger partial charge in [0.05, 0.1) is 10.0 Å². The number of hydrogen-bond acceptors (Lipinski definition) is 3. The van der Waals surface area contributed by atoms with Crippen LogP contribution in [0.3, 0.4) is 0 Å². The van der Waals surface area contributed by atoms with Gasteiger partial charge < -0.3 is 5.32 Å². The lowest BCUT2D eigenvalue weighted by molar-refractivity contribution is 0.163. The van der Waals surface area contributed by atoms with Crippen molar-refractivity contribution in [2.75, 3.05) is 26.2 Å². The van der Waals surface area contributed by atoms with Gasteiger partial charge in [-0.05, 0) is 6.42 Å². The van der Waals surface area contributed by atoms with Crippen molar-refractivity contribution in [1.82, 2.24) is 15.2 Å². The second kappa shape index (κ2) is 7.81. The molecule has 1 aliphatic rings. The van der Waals surface area contributed by atoms with E-state index in [2.05, 4.69) is 22.1 Å². The lowest BCUT2D eigenvalue weighted by Gasteiger charge is -2.36. The molecule has 1 aromatic rings. The van der Waals surface area contributed by atoms with E-state index >= 15 is 0 Å². The fourth-order valence-corrected chi connectivity index (χ4v) is 3.41. The topological polar surface area (TPSA) is 28.2 Å². The normalized spacial score (nSPS) is 18.2. The van der Waals surface area contributed by atoms with Crippen molar-refractivity contribution in [2.45, 2.75) is 32.2 Å². The Balaban J connectivity index is 2.32. The van der Waals surface area contributed by atoms with Gasteiger partial charge in [0, 0.05) is 44.0 Å². The van der Waals surface area contributed by atoms with Crippen LogP contribution in [0.4, 0.5) is 0 Å². The molecule has 0 amide bonds. The monoisotopic (exact) mass is 335 g/mol. The average molecular weight is 337 g/mol. The Hall–Kier alpha value is -0.0600. The summed E-state index contributed by atoms with van der Waals surface area (Å²) in [5.41, 5.74) is 0.934. The van der Waals surface area contributed by atoms with E-state index in [-0.39, 0.29) is 6.04 Å². The van der Waals surface area contributed by atoms with E-state index in [1.54, 1.807) is 6.20 Å². The number of hydrogen-bond donors (Lipinski definition) is 1. The van der Waals surface area contributed by atoms with Gasteiger partial charge in [0.25, 0.3) is 0 Å². The molecule has 0 spiro atoms. The molecule has 6 heteroatoms. The number of halogens is 3. The van der Waals surface area contributed by atoms with Crippen molar-refractivity contribution < 1.29 is 0 Å². The zero-order valence-electron chi connectivity index (χ0n) is 11.6. The SMILES string of the molecule is CCCC[C@@H](c1c(Cl)cnc(Cl)c1Cl)N1CCNCC1. The number of nitrogens with one attached hydrogen (secondary N) is 1. The molecule has 0 unspecified atom stereocenters. The Morgan fingerprint density at radius 2 is 2.00 bits per heavy atom. The van der Waals surface area contributed by atoms with Crippen LogP contribution in [-0.4, -0.2) is 36.1 Å². The third-order valence-electron chi connectivity index (χ3n) is 3.72. The van der Waals surface area contributed by atoms with E-state index < -0.39 is 0 Å². The van der Waals surface area contributed by atoms with Gasteiger partial charge in [0.15, 0.2) is 0 Å². The lowest BCUT2D eigenvalue weighted by Crippen LogP contribution is -2.45. The third kappa shape index (κ3) is 3.77. The van der Waals surface area contributed by atoms with Crippen molar-refractivity contribution in [1.29, 1.82) is 0 Å². The molecule has 0 aromatic carbocycles. The molecule has 1 fully saturated rings. The minimum Gasteiger partial charge on any atom is -0.314 e. The maximum Gasteiger partial charge on any atom is 0.148 e. The first-order chi connectivity index (χ1) is 9.65. The molecule has 3 nitrogen and oxygen atoms in total. The van der Waals surface area contributed by atoms with Gasteiger partial charge >= 0.3 is 0 Å². The van der Waals surface area contributed by atoms with Crippen LogP contribution in [0.2, 0.25) is 15.2 Å². The molecular formula is C14H20Cl3N3. The predicted octanol–water partition coefficient (Wildman–Crippen LogP) is 4.18. The zero-order valence-corrected chi connectivity index (χ0v) is 13.9. The first-order valence-corrected chi connectivity index (χ1v) is 8.22. The van der Waals surface area contributed by atoms with Crippen LogP contribution in [-0.2, 0) is 0 Å². The van der Waals surface area contributed by atoms with Gasteiger partial charge in [-0.1, -0.05) is 54.6 Å². The number of pyridine rings is 1. The first kappa shape index (κ1) is 16.3. The van der Waals surface area contributed by atoms with E-state index in [0.29, 0.717) is 15.2 Å². The number of piperazine rings is 1. The molecule has 0 bridgehead atoms. The highest BCUT2D eigenvalue weighted by Gasteiger charge is 2.27. The number of rotatable bonds is 5. The summed E-state index contributed by atoms with van der Waals surface area (Å²) in [6, 6.07) is 0.220. The Morgan fingerprint density at radius 1 is 1.30 bits per heavy atom. The lowest BCUT2D eigenvalue weighted by atomic mass is 9.99. The largest absolute Gasteiger partial charge is 0.314 e. The molecule has 112 valence electrons. The summed E-state index contributed by atoms with van der Waals surface area (Å²) in [6.45, 7) is 6.19. The molecule has 1 saturated heterocycles. The second-order valence-electron chi connectivity index (χ2n) is 5.07. The smallest absolute Gasteiger partial charge is 0.148 e. The standard InChI is InChI=1S/C14H20Cl3N3/c1-2-3-4-11(20-7-5-18-6-8-20)12-10(15)9-19-14(17)13(12)16/h9,11,18H,2-8H2,1H3/t11-/m0/s1. The summed E-state index contributed by atoms with van der Waals surface area (Å²) in [4.78, 5) is 6.46. The van der Waals surface area contributed by atoms with E-state index in [4.69, 9.17) is 34.8 Å². The summed E-state index contributed by atoms with van der Waals surface area (Å²) in [7, 11) is 0. The fourth-order valence-electron chi connectivity index (χ4n) is 2.66. The molecule has 0 saturated carbocycles. The van der Waals surface area contributed by atoms with Crippen LogP contribution >= 0.6 is 34.8 Å². The van der Waals surface area contributed by atoms with Crippen LogP contribution in [0.5, 0.6) is 0 Å². The summed E-state index contributed by atoms with van der Waals surface area (Å²) in [6.07, 6.45) is 4.93. The first-order valence-electron chi connectivity index (χ1n) is 7.09. The predicted molar refractivity (Wildman–Crippen MR) is 86.0 cm³/mol. The van der Waals surface area contributed by atoms with E-state index in [1.807, 2.05) is 0 Å². The number of nitrogens with zero attached hydrogens (tertiary/aromatic N) is 2. The molecule has 1 aromatic heterocycles. The Bertz CT molecular complexity index is 448. The fraction of sp³-hybridized carbons (Fsp3) is 0.643. The van der Waals surface area contributed by atoms with Gasteiger partial charge in [-0.2, -0.15) is 0 Å². The highest BCUT2D eigenvalue weighted by molar-refractivity contribution is 6.43. The molecule has 0 aliphatic carbocycles. The van der Waals surface area contributed by atoms with Crippen LogP contribution in [0.15, 0.2) is 6.20 Å². The maximum absolute atomic E-state index is 6.37.